The van der Waals surface area contributed by atoms with Crippen molar-refractivity contribution in [2.45, 2.75) is 19.1 Å². The molecule has 1 fully saturated rings. The third-order valence-electron chi connectivity index (χ3n) is 4.89. The molecule has 0 spiro atoms. The third-order valence-corrected chi connectivity index (χ3v) is 4.89. The molecule has 1 saturated heterocycles. The van der Waals surface area contributed by atoms with Crippen molar-refractivity contribution in [2.24, 2.45) is 11.0 Å². The largest absolute Gasteiger partial charge is 0.493 e. The summed E-state index contributed by atoms with van der Waals surface area (Å²) in [5, 5.41) is 8.03. The van der Waals surface area contributed by atoms with Crippen LogP contribution in [0.4, 0.5) is 0 Å². The summed E-state index contributed by atoms with van der Waals surface area (Å²) in [5.41, 5.74) is 6.80. The van der Waals surface area contributed by atoms with Crippen molar-refractivity contribution in [3.63, 3.8) is 0 Å². The van der Waals surface area contributed by atoms with Crippen molar-refractivity contribution in [3.8, 4) is 11.5 Å². The molecule has 2 aliphatic rings. The fourth-order valence-corrected chi connectivity index (χ4v) is 3.58. The average molecular weight is 337 g/mol. The van der Waals surface area contributed by atoms with Gasteiger partial charge in [0.1, 0.15) is 6.61 Å². The van der Waals surface area contributed by atoms with Crippen molar-refractivity contribution in [1.82, 2.24) is 10.7 Å². The highest BCUT2D eigenvalue weighted by atomic mass is 16.5. The molecule has 2 aliphatic heterocycles. The minimum absolute atomic E-state index is 0.115. The molecule has 0 saturated carbocycles. The van der Waals surface area contributed by atoms with E-state index in [-0.39, 0.29) is 6.04 Å². The molecule has 130 valence electrons. The van der Waals surface area contributed by atoms with Gasteiger partial charge in [-0.2, -0.15) is 5.10 Å². The number of hydrazone groups is 1. The molecular formula is C20H23N3O2. The SMILES string of the molecule is COc1cccc(C2NN=C3CCNCC32)c1OCc1ccccc1. The fraction of sp³-hybridized carbons (Fsp3) is 0.350. The zero-order valence-corrected chi connectivity index (χ0v) is 14.4. The number of piperidine rings is 1. The summed E-state index contributed by atoms with van der Waals surface area (Å²) in [5.74, 6) is 1.92. The fourth-order valence-electron chi connectivity index (χ4n) is 3.58. The molecule has 5 nitrogen and oxygen atoms in total. The van der Waals surface area contributed by atoms with Crippen LogP contribution in [0.3, 0.4) is 0 Å². The van der Waals surface area contributed by atoms with Crippen LogP contribution in [0.15, 0.2) is 53.6 Å². The van der Waals surface area contributed by atoms with Gasteiger partial charge < -0.3 is 20.2 Å². The number of hydrogen-bond donors (Lipinski definition) is 2. The monoisotopic (exact) mass is 337 g/mol. The van der Waals surface area contributed by atoms with Crippen LogP contribution in [0.2, 0.25) is 0 Å². The molecule has 4 rings (SSSR count). The molecule has 2 N–H and O–H groups in total. The normalized spacial score (nSPS) is 21.9. The van der Waals surface area contributed by atoms with Crippen LogP contribution in [0.5, 0.6) is 11.5 Å². The van der Waals surface area contributed by atoms with Crippen LogP contribution in [0.1, 0.15) is 23.6 Å². The number of nitrogens with zero attached hydrogens (tertiary/aromatic N) is 1. The Balaban J connectivity index is 1.61. The van der Waals surface area contributed by atoms with Crippen LogP contribution in [-0.4, -0.2) is 25.9 Å². The van der Waals surface area contributed by atoms with Crippen LogP contribution >= 0.6 is 0 Å². The maximum Gasteiger partial charge on any atom is 0.167 e. The summed E-state index contributed by atoms with van der Waals surface area (Å²) in [7, 11) is 1.68. The maximum atomic E-state index is 6.20. The lowest BCUT2D eigenvalue weighted by molar-refractivity contribution is 0.276. The minimum Gasteiger partial charge on any atom is -0.493 e. The number of rotatable bonds is 5. The first-order valence-electron chi connectivity index (χ1n) is 8.73. The van der Waals surface area contributed by atoms with E-state index in [1.54, 1.807) is 7.11 Å². The van der Waals surface area contributed by atoms with Crippen molar-refractivity contribution in [2.75, 3.05) is 20.2 Å². The van der Waals surface area contributed by atoms with Crippen LogP contribution in [-0.2, 0) is 6.61 Å². The summed E-state index contributed by atoms with van der Waals surface area (Å²) in [6.07, 6.45) is 0.998. The third kappa shape index (κ3) is 3.20. The Hall–Kier alpha value is -2.53. The molecule has 0 radical (unpaired) electrons. The van der Waals surface area contributed by atoms with Gasteiger partial charge in [0.15, 0.2) is 11.5 Å². The van der Waals surface area contributed by atoms with Gasteiger partial charge in [0.25, 0.3) is 0 Å². The second kappa shape index (κ2) is 7.15. The van der Waals surface area contributed by atoms with Gasteiger partial charge >= 0.3 is 0 Å². The number of hydrogen-bond acceptors (Lipinski definition) is 5. The zero-order chi connectivity index (χ0) is 17.1. The lowest BCUT2D eigenvalue weighted by Crippen LogP contribution is -2.38. The second-order valence-electron chi connectivity index (χ2n) is 6.42. The van der Waals surface area contributed by atoms with Gasteiger partial charge in [-0.25, -0.2) is 0 Å². The molecular weight excluding hydrogens is 314 g/mol. The Morgan fingerprint density at radius 1 is 1.12 bits per heavy atom. The molecule has 25 heavy (non-hydrogen) atoms. The zero-order valence-electron chi connectivity index (χ0n) is 14.4. The molecule has 5 heteroatoms. The van der Waals surface area contributed by atoms with E-state index in [1.807, 2.05) is 30.3 Å². The van der Waals surface area contributed by atoms with Crippen molar-refractivity contribution in [1.29, 1.82) is 0 Å². The van der Waals surface area contributed by atoms with Gasteiger partial charge in [-0.3, -0.25) is 0 Å². The first-order chi connectivity index (χ1) is 12.4. The molecule has 2 heterocycles. The quantitative estimate of drug-likeness (QED) is 0.881. The molecule has 2 aromatic carbocycles. The van der Waals surface area contributed by atoms with Crippen LogP contribution in [0.25, 0.3) is 0 Å². The van der Waals surface area contributed by atoms with E-state index >= 15 is 0 Å². The molecule has 0 aliphatic carbocycles. The first-order valence-corrected chi connectivity index (χ1v) is 8.73. The smallest absolute Gasteiger partial charge is 0.167 e. The lowest BCUT2D eigenvalue weighted by Gasteiger charge is -2.27. The Bertz CT molecular complexity index is 761. The van der Waals surface area contributed by atoms with Crippen molar-refractivity contribution < 1.29 is 9.47 Å². The average Bonchev–Trinajstić information content (AvgIpc) is 3.11. The van der Waals surface area contributed by atoms with Gasteiger partial charge in [0, 0.05) is 36.7 Å². The molecule has 2 aromatic rings. The van der Waals surface area contributed by atoms with Crippen LogP contribution in [0, 0.1) is 5.92 Å². The number of benzene rings is 2. The molecule has 2 atom stereocenters. The summed E-state index contributed by atoms with van der Waals surface area (Å²) >= 11 is 0. The number of methoxy groups -OCH3 is 1. The predicted molar refractivity (Wildman–Crippen MR) is 98.1 cm³/mol. The van der Waals surface area contributed by atoms with E-state index < -0.39 is 0 Å². The Morgan fingerprint density at radius 3 is 2.84 bits per heavy atom. The Labute approximate surface area is 148 Å². The summed E-state index contributed by atoms with van der Waals surface area (Å²) in [6, 6.07) is 16.4. The number of para-hydroxylation sites is 1. The van der Waals surface area contributed by atoms with Gasteiger partial charge in [0.2, 0.25) is 0 Å². The number of ether oxygens (including phenoxy) is 2. The first kappa shape index (κ1) is 16.0. The van der Waals surface area contributed by atoms with Gasteiger partial charge in [-0.15, -0.1) is 0 Å². The highest BCUT2D eigenvalue weighted by Crippen LogP contribution is 2.40. The van der Waals surface area contributed by atoms with Gasteiger partial charge in [-0.1, -0.05) is 42.5 Å². The van der Waals surface area contributed by atoms with E-state index in [4.69, 9.17) is 9.47 Å². The summed E-state index contributed by atoms with van der Waals surface area (Å²) < 4.78 is 11.8. The molecule has 0 amide bonds. The maximum absolute atomic E-state index is 6.20. The summed E-state index contributed by atoms with van der Waals surface area (Å²) in [6.45, 7) is 2.45. The molecule has 0 aromatic heterocycles. The van der Waals surface area contributed by atoms with E-state index in [0.29, 0.717) is 12.5 Å². The lowest BCUT2D eigenvalue weighted by atomic mass is 9.87. The number of fused-ring (bicyclic) bond motifs is 1. The van der Waals surface area contributed by atoms with E-state index in [9.17, 15) is 0 Å². The Morgan fingerprint density at radius 2 is 2.00 bits per heavy atom. The standard InChI is InChI=1S/C20H23N3O2/c1-24-18-9-5-8-15(19-16-12-21-11-10-17(16)22-23-19)20(18)25-13-14-6-3-2-4-7-14/h2-9,16,19,21,23H,10-13H2,1H3. The predicted octanol–water partition coefficient (Wildman–Crippen LogP) is 2.88. The molecule has 0 bridgehead atoms. The van der Waals surface area contributed by atoms with E-state index in [1.165, 1.54) is 5.71 Å². The minimum atomic E-state index is 0.115. The van der Waals surface area contributed by atoms with Crippen LogP contribution < -0.4 is 20.2 Å². The van der Waals surface area contributed by atoms with Crippen molar-refractivity contribution >= 4 is 5.71 Å². The second-order valence-corrected chi connectivity index (χ2v) is 6.42. The molecule has 2 unspecified atom stereocenters. The van der Waals surface area contributed by atoms with Crippen molar-refractivity contribution in [3.05, 3.63) is 59.7 Å². The van der Waals surface area contributed by atoms with E-state index in [2.05, 4.69) is 34.0 Å². The topological polar surface area (TPSA) is 54.9 Å². The highest BCUT2D eigenvalue weighted by molar-refractivity contribution is 5.90. The van der Waals surface area contributed by atoms with Gasteiger partial charge in [-0.05, 0) is 11.6 Å². The van der Waals surface area contributed by atoms with E-state index in [0.717, 1.165) is 42.1 Å². The number of nitrogens with one attached hydrogen (secondary N) is 2. The summed E-state index contributed by atoms with van der Waals surface area (Å²) in [4.78, 5) is 0. The highest BCUT2D eigenvalue weighted by Gasteiger charge is 2.36. The Kier molecular flexibility index (Phi) is 4.57. The van der Waals surface area contributed by atoms with Gasteiger partial charge in [0.05, 0.1) is 13.2 Å².